The summed E-state index contributed by atoms with van der Waals surface area (Å²) in [7, 11) is 0. The van der Waals surface area contributed by atoms with Crippen molar-refractivity contribution >= 4 is 11.9 Å². The first kappa shape index (κ1) is 22.2. The average molecular weight is 296 g/mol. The molecule has 1 rings (SSSR count). The van der Waals surface area contributed by atoms with Gasteiger partial charge in [-0.2, -0.15) is 0 Å². The summed E-state index contributed by atoms with van der Waals surface area (Å²) in [5.74, 6) is -2.68. The van der Waals surface area contributed by atoms with Crippen molar-refractivity contribution < 1.29 is 81.8 Å². The van der Waals surface area contributed by atoms with E-state index in [0.717, 1.165) is 5.56 Å². The van der Waals surface area contributed by atoms with Gasteiger partial charge in [0.15, 0.2) is 0 Å². The fourth-order valence-corrected chi connectivity index (χ4v) is 1.81. The van der Waals surface area contributed by atoms with Crippen molar-refractivity contribution in [3.63, 3.8) is 0 Å². The topological polar surface area (TPSA) is 74.6 Å². The summed E-state index contributed by atoms with van der Waals surface area (Å²) in [5.41, 5.74) is 0.698. The molecule has 0 aliphatic rings. The predicted octanol–water partition coefficient (Wildman–Crippen LogP) is -3.42. The molecule has 100 valence electrons. The largest absolute Gasteiger partial charge is 1.00 e. The summed E-state index contributed by atoms with van der Waals surface area (Å²) < 4.78 is 0. The normalized spacial score (nSPS) is 10.9. The van der Waals surface area contributed by atoms with Crippen LogP contribution in [0.25, 0.3) is 0 Å². The van der Waals surface area contributed by atoms with Gasteiger partial charge in [-0.15, -0.1) is 0 Å². The van der Waals surface area contributed by atoms with Crippen molar-refractivity contribution in [2.75, 3.05) is 0 Å². The molecule has 20 heavy (non-hydrogen) atoms. The maximum absolute atomic E-state index is 11.2. The molecule has 0 aliphatic carbocycles. The SMILES string of the molecule is CC(C)/C(C(=O)O)=C(\Cc1ccccc1)C(=O)O.[H-].[H-].[Na+].[Na+]. The van der Waals surface area contributed by atoms with Gasteiger partial charge in [0.05, 0.1) is 11.1 Å². The Morgan fingerprint density at radius 3 is 1.90 bits per heavy atom. The van der Waals surface area contributed by atoms with Crippen LogP contribution in [0, 0.1) is 5.92 Å². The van der Waals surface area contributed by atoms with E-state index in [-0.39, 0.29) is 85.5 Å². The van der Waals surface area contributed by atoms with Crippen molar-refractivity contribution in [3.05, 3.63) is 47.0 Å². The van der Waals surface area contributed by atoms with Gasteiger partial charge < -0.3 is 13.1 Å². The molecule has 0 spiro atoms. The summed E-state index contributed by atoms with van der Waals surface area (Å²) >= 11 is 0. The molecule has 0 unspecified atom stereocenters. The summed E-state index contributed by atoms with van der Waals surface area (Å²) in [6, 6.07) is 8.98. The Bertz CT molecular complexity index is 491. The Balaban J connectivity index is -0.000000405. The zero-order chi connectivity index (χ0) is 13.7. The molecule has 1 aromatic rings. The van der Waals surface area contributed by atoms with Gasteiger partial charge >= 0.3 is 71.1 Å². The molecule has 0 heterocycles. The van der Waals surface area contributed by atoms with E-state index in [1.165, 1.54) is 0 Å². The molecule has 0 aromatic heterocycles. The summed E-state index contributed by atoms with van der Waals surface area (Å²) in [5, 5.41) is 18.3. The number of carboxylic acid groups (broad SMARTS) is 2. The molecule has 4 nitrogen and oxygen atoms in total. The standard InChI is InChI=1S/C14H16O4.2Na.2H/c1-9(2)12(14(17)18)11(13(15)16)8-10-6-4-3-5-7-10;;;;/h3-7,9H,8H2,1-2H3,(H,15,16)(H,17,18);;;;/q;2*+1;2*-1/b12-11-;;;;. The molecule has 0 saturated heterocycles. The average Bonchev–Trinajstić information content (AvgIpc) is 2.28. The fourth-order valence-electron chi connectivity index (χ4n) is 1.81. The smallest absolute Gasteiger partial charge is 1.00 e. The third-order valence-electron chi connectivity index (χ3n) is 2.61. The van der Waals surface area contributed by atoms with Gasteiger partial charge in [-0.3, -0.25) is 0 Å². The van der Waals surface area contributed by atoms with Crippen LogP contribution < -0.4 is 59.1 Å². The van der Waals surface area contributed by atoms with Crippen molar-refractivity contribution in [2.45, 2.75) is 20.3 Å². The molecular weight excluding hydrogens is 278 g/mol. The minimum atomic E-state index is -1.18. The molecule has 2 N–H and O–H groups in total. The van der Waals surface area contributed by atoms with E-state index in [2.05, 4.69) is 0 Å². The van der Waals surface area contributed by atoms with Crippen LogP contribution in [-0.2, 0) is 16.0 Å². The van der Waals surface area contributed by atoms with E-state index in [9.17, 15) is 14.7 Å². The Labute approximate surface area is 165 Å². The minimum Gasteiger partial charge on any atom is -1.00 e. The molecule has 6 heteroatoms. The molecule has 0 amide bonds. The fraction of sp³-hybridized carbons (Fsp3) is 0.286. The van der Waals surface area contributed by atoms with Gasteiger partial charge in [-0.1, -0.05) is 44.2 Å². The molecule has 0 aliphatic heterocycles. The number of aliphatic carboxylic acids is 2. The number of carboxylic acids is 2. The van der Waals surface area contributed by atoms with Crippen LogP contribution in [0.2, 0.25) is 0 Å². The molecule has 0 saturated carbocycles. The molecule has 1 aromatic carbocycles. The van der Waals surface area contributed by atoms with Gasteiger partial charge in [0, 0.05) is 6.42 Å². The van der Waals surface area contributed by atoms with Crippen LogP contribution >= 0.6 is 0 Å². The Morgan fingerprint density at radius 1 is 1.05 bits per heavy atom. The van der Waals surface area contributed by atoms with Crippen LogP contribution in [0.3, 0.4) is 0 Å². The van der Waals surface area contributed by atoms with E-state index in [4.69, 9.17) is 5.11 Å². The Hall–Kier alpha value is -0.1000. The predicted molar refractivity (Wildman–Crippen MR) is 69.5 cm³/mol. The van der Waals surface area contributed by atoms with Crippen LogP contribution in [0.1, 0.15) is 22.3 Å². The monoisotopic (exact) mass is 296 g/mol. The van der Waals surface area contributed by atoms with E-state index in [1.54, 1.807) is 38.1 Å². The number of rotatable bonds is 5. The first-order valence-corrected chi connectivity index (χ1v) is 5.67. The van der Waals surface area contributed by atoms with Crippen LogP contribution in [-0.4, -0.2) is 22.2 Å². The number of benzene rings is 1. The quantitative estimate of drug-likeness (QED) is 0.438. The molecule has 0 atom stereocenters. The molecule has 0 radical (unpaired) electrons. The second-order valence-electron chi connectivity index (χ2n) is 4.32. The van der Waals surface area contributed by atoms with Crippen LogP contribution in [0.4, 0.5) is 0 Å². The first-order chi connectivity index (χ1) is 8.43. The van der Waals surface area contributed by atoms with Gasteiger partial charge in [0.2, 0.25) is 0 Å². The van der Waals surface area contributed by atoms with Crippen molar-refractivity contribution in [1.29, 1.82) is 0 Å². The number of hydrogen-bond donors (Lipinski definition) is 2. The second-order valence-corrected chi connectivity index (χ2v) is 4.32. The third-order valence-corrected chi connectivity index (χ3v) is 2.61. The zero-order valence-electron chi connectivity index (χ0n) is 14.4. The van der Waals surface area contributed by atoms with Crippen LogP contribution in [0.5, 0.6) is 0 Å². The first-order valence-electron chi connectivity index (χ1n) is 5.67. The minimum absolute atomic E-state index is 0. The Kier molecular flexibility index (Phi) is 11.8. The maximum atomic E-state index is 11.2. The van der Waals surface area contributed by atoms with Gasteiger partial charge in [-0.05, 0) is 11.5 Å². The summed E-state index contributed by atoms with van der Waals surface area (Å²) in [4.78, 5) is 22.4. The summed E-state index contributed by atoms with van der Waals surface area (Å²) in [6.07, 6.45) is 0.121. The molecular formula is C14H18Na2O4. The third kappa shape index (κ3) is 6.57. The Morgan fingerprint density at radius 2 is 1.55 bits per heavy atom. The zero-order valence-corrected chi connectivity index (χ0v) is 16.4. The van der Waals surface area contributed by atoms with Crippen molar-refractivity contribution in [3.8, 4) is 0 Å². The van der Waals surface area contributed by atoms with Gasteiger partial charge in [0.25, 0.3) is 0 Å². The summed E-state index contributed by atoms with van der Waals surface area (Å²) in [6.45, 7) is 3.36. The van der Waals surface area contributed by atoms with Gasteiger partial charge in [-0.25, -0.2) is 9.59 Å². The molecule has 0 bridgehead atoms. The van der Waals surface area contributed by atoms with E-state index < -0.39 is 11.9 Å². The molecule has 0 fully saturated rings. The van der Waals surface area contributed by atoms with Gasteiger partial charge in [0.1, 0.15) is 0 Å². The van der Waals surface area contributed by atoms with E-state index in [1.807, 2.05) is 6.07 Å². The number of carbonyl (C=O) groups is 2. The van der Waals surface area contributed by atoms with E-state index in [0.29, 0.717) is 0 Å². The van der Waals surface area contributed by atoms with Crippen molar-refractivity contribution in [1.82, 2.24) is 0 Å². The number of hydrogen-bond acceptors (Lipinski definition) is 2. The van der Waals surface area contributed by atoms with E-state index >= 15 is 0 Å². The van der Waals surface area contributed by atoms with Crippen LogP contribution in [0.15, 0.2) is 41.5 Å². The van der Waals surface area contributed by atoms with Crippen molar-refractivity contribution in [2.24, 2.45) is 5.92 Å². The second kappa shape index (κ2) is 10.6. The maximum Gasteiger partial charge on any atom is 1.00 e.